The summed E-state index contributed by atoms with van der Waals surface area (Å²) >= 11 is 0. The van der Waals surface area contributed by atoms with Gasteiger partial charge in [0.15, 0.2) is 5.96 Å². The second-order valence-electron chi connectivity index (χ2n) is 7.76. The van der Waals surface area contributed by atoms with Crippen LogP contribution in [0.5, 0.6) is 0 Å². The molecule has 2 N–H and O–H groups in total. The molecule has 0 spiro atoms. The molecule has 6 nitrogen and oxygen atoms in total. The Hall–Kier alpha value is -1.68. The number of morpholine rings is 1. The number of nitrogens with one attached hydrogen (secondary N) is 2. The van der Waals surface area contributed by atoms with Gasteiger partial charge in [0, 0.05) is 46.4 Å². The van der Waals surface area contributed by atoms with Crippen molar-refractivity contribution in [3.05, 3.63) is 70.8 Å². The molecule has 0 aromatic heterocycles. The number of aliphatic imine (C=N–C) groups is 1. The summed E-state index contributed by atoms with van der Waals surface area (Å²) in [5.41, 5.74) is 5.10. The lowest BCUT2D eigenvalue weighted by molar-refractivity contribution is 0.0341. The topological polar surface area (TPSA) is 58.1 Å². The predicted octanol–water partition coefficient (Wildman–Crippen LogP) is 3.93. The number of hydrogen-bond donors (Lipinski definition) is 2. The van der Waals surface area contributed by atoms with E-state index in [1.807, 2.05) is 7.05 Å². The van der Waals surface area contributed by atoms with Gasteiger partial charge in [-0.05, 0) is 28.7 Å². The molecule has 0 aliphatic carbocycles. The van der Waals surface area contributed by atoms with Crippen molar-refractivity contribution >= 4 is 29.9 Å². The Kier molecular flexibility index (Phi) is 12.6. The molecule has 1 aliphatic heterocycles. The first-order valence-electron chi connectivity index (χ1n) is 11.3. The summed E-state index contributed by atoms with van der Waals surface area (Å²) in [5, 5.41) is 6.91. The molecule has 2 aromatic carbocycles. The van der Waals surface area contributed by atoms with E-state index < -0.39 is 0 Å². The zero-order chi connectivity index (χ0) is 21.7. The molecule has 0 amide bonds. The lowest BCUT2D eigenvalue weighted by Gasteiger charge is -2.27. The Balaban J connectivity index is 0.00000363. The highest BCUT2D eigenvalue weighted by Gasteiger charge is 2.13. The molecule has 0 bridgehead atoms. The van der Waals surface area contributed by atoms with Gasteiger partial charge in [-0.25, -0.2) is 0 Å². The maximum Gasteiger partial charge on any atom is 0.191 e. The molecular formula is C25H37IN4O2. The zero-order valence-corrected chi connectivity index (χ0v) is 21.6. The van der Waals surface area contributed by atoms with Crippen molar-refractivity contribution in [3.63, 3.8) is 0 Å². The van der Waals surface area contributed by atoms with Crippen molar-refractivity contribution in [3.8, 4) is 0 Å². The average Bonchev–Trinajstić information content (AvgIpc) is 2.82. The molecule has 1 fully saturated rings. The molecule has 0 unspecified atom stereocenters. The Labute approximate surface area is 209 Å². The van der Waals surface area contributed by atoms with E-state index in [2.05, 4.69) is 76.0 Å². The fraction of sp³-hybridized carbons (Fsp3) is 0.480. The Morgan fingerprint density at radius 3 is 2.09 bits per heavy atom. The van der Waals surface area contributed by atoms with Gasteiger partial charge in [0.05, 0.1) is 19.8 Å². The van der Waals surface area contributed by atoms with E-state index in [0.717, 1.165) is 58.4 Å². The van der Waals surface area contributed by atoms with Crippen molar-refractivity contribution in [1.82, 2.24) is 15.5 Å². The van der Waals surface area contributed by atoms with Gasteiger partial charge >= 0.3 is 0 Å². The molecule has 0 radical (unpaired) electrons. The minimum absolute atomic E-state index is 0. The fourth-order valence-corrected chi connectivity index (χ4v) is 3.66. The van der Waals surface area contributed by atoms with E-state index in [0.29, 0.717) is 13.2 Å². The predicted molar refractivity (Wildman–Crippen MR) is 141 cm³/mol. The number of rotatable bonds is 10. The average molecular weight is 553 g/mol. The SMILES string of the molecule is CCCOCc1ccccc1CNC(=NC)NCc1ccccc1CN1CCOCC1.I. The molecule has 1 saturated heterocycles. The summed E-state index contributed by atoms with van der Waals surface area (Å²) in [4.78, 5) is 6.86. The highest BCUT2D eigenvalue weighted by atomic mass is 127. The molecule has 0 saturated carbocycles. The van der Waals surface area contributed by atoms with Crippen LogP contribution in [0, 0.1) is 0 Å². The number of nitrogens with zero attached hydrogens (tertiary/aromatic N) is 2. The highest BCUT2D eigenvalue weighted by Crippen LogP contribution is 2.13. The van der Waals surface area contributed by atoms with E-state index in [4.69, 9.17) is 9.47 Å². The molecular weight excluding hydrogens is 515 g/mol. The molecule has 3 rings (SSSR count). The van der Waals surface area contributed by atoms with Crippen molar-refractivity contribution < 1.29 is 9.47 Å². The van der Waals surface area contributed by atoms with Gasteiger partial charge in [-0.15, -0.1) is 24.0 Å². The van der Waals surface area contributed by atoms with E-state index in [-0.39, 0.29) is 24.0 Å². The van der Waals surface area contributed by atoms with Gasteiger partial charge in [0.25, 0.3) is 0 Å². The van der Waals surface area contributed by atoms with Crippen LogP contribution in [0.2, 0.25) is 0 Å². The van der Waals surface area contributed by atoms with Crippen LogP contribution in [0.4, 0.5) is 0 Å². The number of hydrogen-bond acceptors (Lipinski definition) is 4. The zero-order valence-electron chi connectivity index (χ0n) is 19.3. The summed E-state index contributed by atoms with van der Waals surface area (Å²) < 4.78 is 11.2. The number of halogens is 1. The third-order valence-corrected chi connectivity index (χ3v) is 5.46. The monoisotopic (exact) mass is 552 g/mol. The summed E-state index contributed by atoms with van der Waals surface area (Å²) in [5.74, 6) is 0.797. The normalized spacial score (nSPS) is 14.6. The van der Waals surface area contributed by atoms with Crippen LogP contribution < -0.4 is 10.6 Å². The highest BCUT2D eigenvalue weighted by molar-refractivity contribution is 14.0. The van der Waals surface area contributed by atoms with Crippen LogP contribution in [0.3, 0.4) is 0 Å². The van der Waals surface area contributed by atoms with Crippen molar-refractivity contribution in [1.29, 1.82) is 0 Å². The molecule has 32 heavy (non-hydrogen) atoms. The van der Waals surface area contributed by atoms with Crippen LogP contribution >= 0.6 is 24.0 Å². The van der Waals surface area contributed by atoms with Gasteiger partial charge in [0.1, 0.15) is 0 Å². The summed E-state index contributed by atoms with van der Waals surface area (Å²) in [6.07, 6.45) is 1.03. The smallest absolute Gasteiger partial charge is 0.191 e. The van der Waals surface area contributed by atoms with Crippen LogP contribution in [0.25, 0.3) is 0 Å². The van der Waals surface area contributed by atoms with Crippen LogP contribution in [0.1, 0.15) is 35.6 Å². The maximum atomic E-state index is 5.74. The number of ether oxygens (including phenoxy) is 2. The first-order valence-corrected chi connectivity index (χ1v) is 11.3. The lowest BCUT2D eigenvalue weighted by atomic mass is 10.1. The van der Waals surface area contributed by atoms with Gasteiger partial charge in [0.2, 0.25) is 0 Å². The lowest BCUT2D eigenvalue weighted by Crippen LogP contribution is -2.37. The van der Waals surface area contributed by atoms with E-state index in [1.54, 1.807) is 0 Å². The maximum absolute atomic E-state index is 5.74. The fourth-order valence-electron chi connectivity index (χ4n) is 3.66. The standard InChI is InChI=1S/C25H36N4O2.HI/c1-3-14-31-20-24-11-7-5-9-22(24)18-28-25(26-2)27-17-21-8-4-6-10-23(21)19-29-12-15-30-16-13-29;/h4-11H,3,12-20H2,1-2H3,(H2,26,27,28);1H. The third-order valence-electron chi connectivity index (χ3n) is 5.46. The first kappa shape index (κ1) is 26.6. The number of guanidine groups is 1. The van der Waals surface area contributed by atoms with Gasteiger partial charge < -0.3 is 20.1 Å². The van der Waals surface area contributed by atoms with E-state index >= 15 is 0 Å². The minimum Gasteiger partial charge on any atom is -0.379 e. The quantitative estimate of drug-likeness (QED) is 0.203. The minimum atomic E-state index is 0. The van der Waals surface area contributed by atoms with Crippen molar-refractivity contribution in [2.24, 2.45) is 4.99 Å². The van der Waals surface area contributed by atoms with Gasteiger partial charge in [-0.2, -0.15) is 0 Å². The van der Waals surface area contributed by atoms with Crippen LogP contribution in [-0.4, -0.2) is 50.8 Å². The van der Waals surface area contributed by atoms with E-state index in [1.165, 1.54) is 22.3 Å². The summed E-state index contributed by atoms with van der Waals surface area (Å²) in [7, 11) is 1.81. The van der Waals surface area contributed by atoms with Crippen LogP contribution in [0.15, 0.2) is 53.5 Å². The largest absolute Gasteiger partial charge is 0.379 e. The number of benzene rings is 2. The molecule has 2 aromatic rings. The van der Waals surface area contributed by atoms with Crippen molar-refractivity contribution in [2.45, 2.75) is 39.6 Å². The van der Waals surface area contributed by atoms with Gasteiger partial charge in [-0.1, -0.05) is 55.5 Å². The molecule has 0 atom stereocenters. The third kappa shape index (κ3) is 8.69. The van der Waals surface area contributed by atoms with Crippen LogP contribution in [-0.2, 0) is 35.7 Å². The molecule has 176 valence electrons. The molecule has 1 aliphatic rings. The molecule has 7 heteroatoms. The Morgan fingerprint density at radius 2 is 1.50 bits per heavy atom. The van der Waals surface area contributed by atoms with E-state index in [9.17, 15) is 0 Å². The summed E-state index contributed by atoms with van der Waals surface area (Å²) in [6, 6.07) is 17.0. The van der Waals surface area contributed by atoms with Crippen molar-refractivity contribution in [2.75, 3.05) is 40.0 Å². The first-order chi connectivity index (χ1) is 15.3. The van der Waals surface area contributed by atoms with Gasteiger partial charge in [-0.3, -0.25) is 9.89 Å². The molecule has 1 heterocycles. The Bertz CT molecular complexity index is 825. The second kappa shape index (κ2) is 15.2. The second-order valence-corrected chi connectivity index (χ2v) is 7.76. The Morgan fingerprint density at radius 1 is 0.938 bits per heavy atom. The summed E-state index contributed by atoms with van der Waals surface area (Å²) in [6.45, 7) is 9.59.